The van der Waals surface area contributed by atoms with Crippen LogP contribution in [0.25, 0.3) is 22.3 Å². The fourth-order valence-corrected chi connectivity index (χ4v) is 9.99. The summed E-state index contributed by atoms with van der Waals surface area (Å²) in [5, 5.41) is 8.21. The third-order valence-corrected chi connectivity index (χ3v) is 13.0. The number of ether oxygens (including phenoxy) is 1. The highest BCUT2D eigenvalue weighted by Crippen LogP contribution is 2.48. The molecule has 5 fully saturated rings. The van der Waals surface area contributed by atoms with Crippen LogP contribution in [0.2, 0.25) is 0 Å². The number of hydrogen-bond acceptors (Lipinski definition) is 12. The number of benzene rings is 3. The number of fused-ring (bicyclic) bond motifs is 4. The van der Waals surface area contributed by atoms with Crippen LogP contribution in [0.5, 0.6) is 11.5 Å². The van der Waals surface area contributed by atoms with Crippen LogP contribution >= 0.6 is 0 Å². The summed E-state index contributed by atoms with van der Waals surface area (Å²) >= 11 is 0. The molecule has 15 nitrogen and oxygen atoms in total. The van der Waals surface area contributed by atoms with E-state index in [9.17, 15) is 19.2 Å². The molecule has 7 heterocycles. The van der Waals surface area contributed by atoms with Gasteiger partial charge in [-0.25, -0.2) is 14.6 Å². The maximum absolute atomic E-state index is 13.3. The van der Waals surface area contributed by atoms with Crippen molar-refractivity contribution in [2.75, 3.05) is 43.4 Å². The fraction of sp³-hybridized carbons (Fsp3) is 0.357. The average molecular weight is 765 g/mol. The van der Waals surface area contributed by atoms with Crippen LogP contribution in [0.15, 0.2) is 79.1 Å². The zero-order valence-corrected chi connectivity index (χ0v) is 31.0. The van der Waals surface area contributed by atoms with Crippen LogP contribution in [0.1, 0.15) is 52.4 Å². The van der Waals surface area contributed by atoms with Crippen molar-refractivity contribution in [3.63, 3.8) is 0 Å². The third-order valence-electron chi connectivity index (χ3n) is 13.0. The van der Waals surface area contributed by atoms with Gasteiger partial charge in [0.25, 0.3) is 11.8 Å². The van der Waals surface area contributed by atoms with Gasteiger partial charge in [0.05, 0.1) is 22.6 Å². The second kappa shape index (κ2) is 12.9. The zero-order chi connectivity index (χ0) is 38.5. The molecule has 5 aromatic rings. The van der Waals surface area contributed by atoms with E-state index in [1.165, 1.54) is 6.33 Å². The van der Waals surface area contributed by atoms with Crippen molar-refractivity contribution in [1.29, 1.82) is 0 Å². The van der Waals surface area contributed by atoms with E-state index >= 15 is 0 Å². The number of hydrogen-bond donors (Lipinski definition) is 2. The summed E-state index contributed by atoms with van der Waals surface area (Å²) < 4.78 is 8.13. The van der Waals surface area contributed by atoms with Crippen molar-refractivity contribution < 1.29 is 23.9 Å². The Morgan fingerprint density at radius 1 is 0.772 bits per heavy atom. The van der Waals surface area contributed by atoms with E-state index in [4.69, 9.17) is 20.6 Å². The first-order valence-electron chi connectivity index (χ1n) is 19.7. The van der Waals surface area contributed by atoms with Gasteiger partial charge in [-0.1, -0.05) is 18.2 Å². The number of likely N-dealkylation sites (tertiary alicyclic amines) is 2. The number of nitrogen functional groups attached to an aromatic ring is 1. The van der Waals surface area contributed by atoms with Gasteiger partial charge in [-0.05, 0) is 79.8 Å². The van der Waals surface area contributed by atoms with Gasteiger partial charge < -0.3 is 15.4 Å². The molecule has 0 spiro atoms. The van der Waals surface area contributed by atoms with E-state index in [0.29, 0.717) is 41.0 Å². The molecule has 4 unspecified atom stereocenters. The highest BCUT2D eigenvalue weighted by Gasteiger charge is 2.52. The first kappa shape index (κ1) is 34.1. The Balaban J connectivity index is 0.715. The number of carbonyl (C=O) groups excluding carboxylic acids is 4. The fourth-order valence-electron chi connectivity index (χ4n) is 9.99. The molecule has 5 aliphatic heterocycles. The topological polar surface area (TPSA) is 172 Å². The molecular weight excluding hydrogens is 725 g/mol. The number of para-hydroxylation sites is 1. The van der Waals surface area contributed by atoms with E-state index < -0.39 is 23.8 Å². The number of imide groups is 2. The Hall–Kier alpha value is -6.19. The zero-order valence-electron chi connectivity index (χ0n) is 31.0. The summed E-state index contributed by atoms with van der Waals surface area (Å²) in [7, 11) is 0. The standard InChI is InChI=1S/C42H40N10O5/c43-38-36-37(23-6-9-30(10-7-23)57-29-4-2-1-3-5-29)47-52(39(36)45-22-44-38)34-16-26-14-24(34)17-50(26)28-20-49(21-28)27-18-48(19-27)25-8-11-31-32(15-25)42(56)51(41(31)55)33-12-13-35(53)46-40(33)54/h1-11,15,22,24,26-28,33-34H,12-14,16-21H2,(H2,43,44,45)(H,46,53,54). The van der Waals surface area contributed by atoms with Gasteiger partial charge in [0.1, 0.15) is 35.4 Å². The number of piperidine rings is 2. The molecule has 4 amide bonds. The molecule has 1 saturated carbocycles. The summed E-state index contributed by atoms with van der Waals surface area (Å²) in [5.74, 6) is 0.472. The Bertz CT molecular complexity index is 2480. The molecule has 1 aliphatic carbocycles. The summed E-state index contributed by atoms with van der Waals surface area (Å²) in [6.45, 7) is 4.80. The Kier molecular flexibility index (Phi) is 7.73. The normalized spacial score (nSPS) is 25.3. The van der Waals surface area contributed by atoms with Crippen molar-refractivity contribution in [1.82, 2.24) is 39.8 Å². The summed E-state index contributed by atoms with van der Waals surface area (Å²) in [5.41, 5.74) is 10.5. The quantitative estimate of drug-likeness (QED) is 0.221. The molecule has 4 atom stereocenters. The molecule has 57 heavy (non-hydrogen) atoms. The maximum atomic E-state index is 13.3. The Morgan fingerprint density at radius 2 is 1.54 bits per heavy atom. The number of carbonyl (C=O) groups is 4. The van der Waals surface area contributed by atoms with Gasteiger partial charge in [-0.15, -0.1) is 0 Å². The van der Waals surface area contributed by atoms with E-state index in [2.05, 4.69) is 29.7 Å². The van der Waals surface area contributed by atoms with E-state index in [1.807, 2.05) is 60.7 Å². The van der Waals surface area contributed by atoms with Gasteiger partial charge in [0.2, 0.25) is 11.8 Å². The molecule has 3 N–H and O–H groups in total. The number of aromatic nitrogens is 4. The molecule has 3 aromatic carbocycles. The van der Waals surface area contributed by atoms with Crippen LogP contribution in [-0.2, 0) is 9.59 Å². The van der Waals surface area contributed by atoms with E-state index in [-0.39, 0.29) is 24.8 Å². The van der Waals surface area contributed by atoms with Crippen LogP contribution in [0.3, 0.4) is 0 Å². The van der Waals surface area contributed by atoms with Gasteiger partial charge in [-0.2, -0.15) is 5.10 Å². The first-order chi connectivity index (χ1) is 27.8. The van der Waals surface area contributed by atoms with Crippen LogP contribution < -0.4 is 20.7 Å². The minimum absolute atomic E-state index is 0.0970. The Labute approximate surface area is 327 Å². The summed E-state index contributed by atoms with van der Waals surface area (Å²) in [4.78, 5) is 68.1. The van der Waals surface area contributed by atoms with Crippen molar-refractivity contribution in [2.24, 2.45) is 5.92 Å². The average Bonchev–Trinajstić information content (AvgIpc) is 3.94. The molecule has 2 bridgehead atoms. The second-order valence-electron chi connectivity index (χ2n) is 16.2. The van der Waals surface area contributed by atoms with Crippen molar-refractivity contribution in [2.45, 2.75) is 55.9 Å². The van der Waals surface area contributed by atoms with Crippen molar-refractivity contribution >= 4 is 46.2 Å². The van der Waals surface area contributed by atoms with E-state index in [1.54, 1.807) is 12.1 Å². The van der Waals surface area contributed by atoms with Gasteiger partial charge >= 0.3 is 0 Å². The number of nitrogens with one attached hydrogen (secondary N) is 1. The van der Waals surface area contributed by atoms with Crippen LogP contribution in [0.4, 0.5) is 11.5 Å². The third kappa shape index (κ3) is 5.51. The molecular formula is C42H40N10O5. The van der Waals surface area contributed by atoms with Gasteiger partial charge in [0, 0.05) is 68.5 Å². The maximum Gasteiger partial charge on any atom is 0.262 e. The molecule has 288 valence electrons. The number of amides is 4. The van der Waals surface area contributed by atoms with Crippen LogP contribution in [0, 0.1) is 5.92 Å². The number of nitrogens with zero attached hydrogens (tertiary/aromatic N) is 8. The Morgan fingerprint density at radius 3 is 2.30 bits per heavy atom. The summed E-state index contributed by atoms with van der Waals surface area (Å²) in [6, 6.07) is 23.7. The number of nitrogens with two attached hydrogens (primary N) is 1. The van der Waals surface area contributed by atoms with Crippen molar-refractivity contribution in [3.8, 4) is 22.8 Å². The smallest absolute Gasteiger partial charge is 0.262 e. The monoisotopic (exact) mass is 764 g/mol. The first-order valence-corrected chi connectivity index (χ1v) is 19.7. The molecule has 2 aromatic heterocycles. The lowest BCUT2D eigenvalue weighted by atomic mass is 9.95. The largest absolute Gasteiger partial charge is 0.457 e. The van der Waals surface area contributed by atoms with Crippen molar-refractivity contribution in [3.05, 3.63) is 90.3 Å². The lowest BCUT2D eigenvalue weighted by Gasteiger charge is -2.55. The minimum atomic E-state index is -0.967. The SMILES string of the molecule is Nc1ncnc2c1c(-c1ccc(Oc3ccccc3)cc1)nn2C1CC2CC1CN2C1CN(C2CN(c3ccc4c(c3)C(=O)N(C3CCC(=O)NC3=O)C4=O)C2)C1. The lowest BCUT2D eigenvalue weighted by Crippen LogP contribution is -2.70. The minimum Gasteiger partial charge on any atom is -0.457 e. The molecule has 4 saturated heterocycles. The molecule has 11 rings (SSSR count). The molecule has 6 aliphatic rings. The lowest BCUT2D eigenvalue weighted by molar-refractivity contribution is -0.136. The van der Waals surface area contributed by atoms with Crippen LogP contribution in [-0.4, -0.2) is 115 Å². The predicted molar refractivity (Wildman–Crippen MR) is 208 cm³/mol. The van der Waals surface area contributed by atoms with Gasteiger partial charge in [-0.3, -0.25) is 39.2 Å². The molecule has 15 heteroatoms. The number of rotatable bonds is 8. The predicted octanol–water partition coefficient (Wildman–Crippen LogP) is 3.48. The van der Waals surface area contributed by atoms with Gasteiger partial charge in [0.15, 0.2) is 5.65 Å². The highest BCUT2D eigenvalue weighted by molar-refractivity contribution is 6.23. The number of anilines is 2. The highest BCUT2D eigenvalue weighted by atomic mass is 16.5. The second-order valence-corrected chi connectivity index (χ2v) is 16.2. The summed E-state index contributed by atoms with van der Waals surface area (Å²) in [6.07, 6.45) is 3.93. The molecule has 0 radical (unpaired) electrons. The van der Waals surface area contributed by atoms with E-state index in [0.717, 1.165) is 89.9 Å².